The predicted molar refractivity (Wildman–Crippen MR) is 144 cm³/mol. The Hall–Kier alpha value is -2.42. The predicted octanol–water partition coefficient (Wildman–Crippen LogP) is 6.85. The van der Waals surface area contributed by atoms with Crippen LogP contribution in [0.4, 0.5) is 8.78 Å². The summed E-state index contributed by atoms with van der Waals surface area (Å²) in [6, 6.07) is 9.63. The number of pyridine rings is 1. The second-order valence-electron chi connectivity index (χ2n) is 9.63. The number of halogens is 3. The first-order valence-corrected chi connectivity index (χ1v) is 13.8. The lowest BCUT2D eigenvalue weighted by atomic mass is 9.72. The topological polar surface area (TPSA) is 62.7 Å². The summed E-state index contributed by atoms with van der Waals surface area (Å²) in [7, 11) is 1.62. The normalized spacial score (nSPS) is 15.7. The van der Waals surface area contributed by atoms with E-state index in [0.717, 1.165) is 67.4 Å². The van der Waals surface area contributed by atoms with Crippen LogP contribution < -0.4 is 4.74 Å². The highest BCUT2D eigenvalue weighted by Gasteiger charge is 2.36. The van der Waals surface area contributed by atoms with Crippen LogP contribution >= 0.6 is 23.4 Å². The maximum atomic E-state index is 13.9. The first-order chi connectivity index (χ1) is 17.8. The van der Waals surface area contributed by atoms with Crippen LogP contribution in [0, 0.1) is 17.0 Å². The van der Waals surface area contributed by atoms with Gasteiger partial charge in [-0.15, -0.1) is 11.8 Å². The number of aromatic nitrogens is 1. The molecule has 37 heavy (non-hydrogen) atoms. The summed E-state index contributed by atoms with van der Waals surface area (Å²) >= 11 is 7.70. The molecule has 1 saturated heterocycles. The first kappa shape index (κ1) is 27.6. The third kappa shape index (κ3) is 6.92. The number of hydrogen-bond acceptors (Lipinski definition) is 5. The zero-order valence-corrected chi connectivity index (χ0v) is 22.4. The Morgan fingerprint density at radius 1 is 1.22 bits per heavy atom. The minimum absolute atomic E-state index is 0.0552. The number of nitrogens with zero attached hydrogens (tertiary/aromatic N) is 2. The largest absolute Gasteiger partial charge is 0.497 e. The van der Waals surface area contributed by atoms with Crippen molar-refractivity contribution in [2.45, 2.75) is 43.4 Å². The molecule has 0 atom stereocenters. The van der Waals surface area contributed by atoms with Crippen LogP contribution in [0.1, 0.15) is 37.7 Å². The van der Waals surface area contributed by atoms with Crippen molar-refractivity contribution >= 4 is 40.2 Å². The molecule has 0 saturated carbocycles. The van der Waals surface area contributed by atoms with E-state index in [2.05, 4.69) is 9.88 Å². The minimum atomic E-state index is -0.781. The van der Waals surface area contributed by atoms with Gasteiger partial charge in [-0.2, -0.15) is 0 Å². The van der Waals surface area contributed by atoms with Crippen molar-refractivity contribution in [2.24, 2.45) is 5.41 Å². The molecule has 4 rings (SSSR count). The van der Waals surface area contributed by atoms with Gasteiger partial charge in [-0.1, -0.05) is 17.7 Å². The molecule has 1 fully saturated rings. The standard InChI is InChI=1S/C28H31ClF2N2O3S/c1-36-19-7-8-25-21(16-19)20(22(29)18-32-25)4-3-9-28(17-26(34)35)10-12-33(13-11-28)14-15-37-27-23(30)5-2-6-24(27)31/h2,5-8,16,18H,3-4,9-15,17H2,1H3,(H,34,35). The number of carboxylic acids is 1. The summed E-state index contributed by atoms with van der Waals surface area (Å²) in [5, 5.41) is 11.2. The van der Waals surface area contributed by atoms with Crippen LogP contribution in [-0.4, -0.2) is 53.5 Å². The summed E-state index contributed by atoms with van der Waals surface area (Å²) in [4.78, 5) is 18.5. The van der Waals surface area contributed by atoms with Gasteiger partial charge in [0.15, 0.2) is 0 Å². The first-order valence-electron chi connectivity index (χ1n) is 12.4. The quantitative estimate of drug-likeness (QED) is 0.264. The molecule has 0 radical (unpaired) electrons. The number of rotatable bonds is 11. The van der Waals surface area contributed by atoms with E-state index in [1.807, 2.05) is 18.2 Å². The molecular formula is C28H31ClF2N2O3S. The van der Waals surface area contributed by atoms with Crippen molar-refractivity contribution in [3.63, 3.8) is 0 Å². The Morgan fingerprint density at radius 2 is 1.95 bits per heavy atom. The van der Waals surface area contributed by atoms with Crippen molar-refractivity contribution in [3.05, 3.63) is 64.8 Å². The third-order valence-electron chi connectivity index (χ3n) is 7.28. The fourth-order valence-corrected chi connectivity index (χ4v) is 6.42. The number of aryl methyl sites for hydroxylation is 1. The molecule has 2 aromatic carbocycles. The molecule has 5 nitrogen and oxygen atoms in total. The van der Waals surface area contributed by atoms with E-state index in [1.54, 1.807) is 13.3 Å². The van der Waals surface area contributed by atoms with Gasteiger partial charge >= 0.3 is 5.97 Å². The molecule has 3 aromatic rings. The molecule has 0 spiro atoms. The van der Waals surface area contributed by atoms with Gasteiger partial charge in [0, 0.05) is 23.9 Å². The van der Waals surface area contributed by atoms with Gasteiger partial charge in [0.25, 0.3) is 0 Å². The van der Waals surface area contributed by atoms with Crippen LogP contribution in [-0.2, 0) is 11.2 Å². The molecule has 1 aliphatic rings. The molecule has 1 N–H and O–H groups in total. The van der Waals surface area contributed by atoms with E-state index in [0.29, 0.717) is 17.3 Å². The number of piperidine rings is 1. The van der Waals surface area contributed by atoms with Crippen molar-refractivity contribution in [3.8, 4) is 5.75 Å². The number of ether oxygens (including phenoxy) is 1. The maximum absolute atomic E-state index is 13.9. The van der Waals surface area contributed by atoms with E-state index < -0.39 is 17.6 Å². The van der Waals surface area contributed by atoms with E-state index in [9.17, 15) is 18.7 Å². The number of thioether (sulfide) groups is 1. The average molecular weight is 549 g/mol. The van der Waals surface area contributed by atoms with Gasteiger partial charge in [-0.3, -0.25) is 9.78 Å². The zero-order chi connectivity index (χ0) is 26.4. The SMILES string of the molecule is COc1ccc2ncc(Cl)c(CCCC3(CC(=O)O)CCN(CCSc4c(F)cccc4F)CC3)c2c1. The Labute approximate surface area is 225 Å². The number of fused-ring (bicyclic) bond motifs is 1. The van der Waals surface area contributed by atoms with E-state index in [4.69, 9.17) is 16.3 Å². The molecule has 2 heterocycles. The fourth-order valence-electron chi connectivity index (χ4n) is 5.21. The summed E-state index contributed by atoms with van der Waals surface area (Å²) in [5.74, 6) is -0.546. The number of aliphatic carboxylic acids is 1. The number of benzene rings is 2. The van der Waals surface area contributed by atoms with E-state index >= 15 is 0 Å². The number of likely N-dealkylation sites (tertiary alicyclic amines) is 1. The number of carboxylic acid groups (broad SMARTS) is 1. The monoisotopic (exact) mass is 548 g/mol. The van der Waals surface area contributed by atoms with Gasteiger partial charge in [0.2, 0.25) is 0 Å². The van der Waals surface area contributed by atoms with Crippen molar-refractivity contribution in [1.82, 2.24) is 9.88 Å². The van der Waals surface area contributed by atoms with Gasteiger partial charge < -0.3 is 14.7 Å². The highest BCUT2D eigenvalue weighted by atomic mass is 35.5. The molecule has 1 aliphatic heterocycles. The summed E-state index contributed by atoms with van der Waals surface area (Å²) < 4.78 is 33.1. The Morgan fingerprint density at radius 3 is 2.62 bits per heavy atom. The molecular weight excluding hydrogens is 518 g/mol. The van der Waals surface area contributed by atoms with E-state index in [1.165, 1.54) is 30.0 Å². The van der Waals surface area contributed by atoms with Crippen LogP contribution in [0.3, 0.4) is 0 Å². The minimum Gasteiger partial charge on any atom is -0.497 e. The van der Waals surface area contributed by atoms with Gasteiger partial charge in [-0.05, 0) is 86.5 Å². The smallest absolute Gasteiger partial charge is 0.303 e. The second-order valence-corrected chi connectivity index (χ2v) is 11.1. The lowest BCUT2D eigenvalue weighted by molar-refractivity contribution is -0.140. The molecule has 198 valence electrons. The lowest BCUT2D eigenvalue weighted by Crippen LogP contribution is -2.42. The van der Waals surface area contributed by atoms with Crippen molar-refractivity contribution in [2.75, 3.05) is 32.5 Å². The van der Waals surface area contributed by atoms with Crippen LogP contribution in [0.25, 0.3) is 10.9 Å². The highest BCUT2D eigenvalue weighted by Crippen LogP contribution is 2.41. The fraction of sp³-hybridized carbons (Fsp3) is 0.429. The Bertz CT molecular complexity index is 1230. The summed E-state index contributed by atoms with van der Waals surface area (Å²) in [5.41, 5.74) is 1.58. The third-order valence-corrected chi connectivity index (χ3v) is 8.67. The lowest BCUT2D eigenvalue weighted by Gasteiger charge is -2.41. The molecule has 0 unspecified atom stereocenters. The summed E-state index contributed by atoms with van der Waals surface area (Å²) in [6.45, 7) is 2.23. The molecule has 0 amide bonds. The van der Waals surface area contributed by atoms with Gasteiger partial charge in [0.05, 0.1) is 29.0 Å². The molecule has 9 heteroatoms. The molecule has 0 aliphatic carbocycles. The van der Waals surface area contributed by atoms with Gasteiger partial charge in [-0.25, -0.2) is 8.78 Å². The number of methoxy groups -OCH3 is 1. The highest BCUT2D eigenvalue weighted by molar-refractivity contribution is 7.99. The molecule has 1 aromatic heterocycles. The summed E-state index contributed by atoms with van der Waals surface area (Å²) in [6.07, 6.45) is 5.67. The van der Waals surface area contributed by atoms with Gasteiger partial charge in [0.1, 0.15) is 17.4 Å². The zero-order valence-electron chi connectivity index (χ0n) is 20.8. The number of carbonyl (C=O) groups is 1. The molecule has 0 bridgehead atoms. The Balaban J connectivity index is 1.35. The van der Waals surface area contributed by atoms with Crippen LogP contribution in [0.15, 0.2) is 47.5 Å². The second kappa shape index (κ2) is 12.4. The Kier molecular flexibility index (Phi) is 9.27. The van der Waals surface area contributed by atoms with Crippen LogP contribution in [0.5, 0.6) is 5.75 Å². The van der Waals surface area contributed by atoms with Crippen LogP contribution in [0.2, 0.25) is 5.02 Å². The average Bonchev–Trinajstić information content (AvgIpc) is 2.87. The van der Waals surface area contributed by atoms with Crippen molar-refractivity contribution in [1.29, 1.82) is 0 Å². The van der Waals surface area contributed by atoms with Crippen molar-refractivity contribution < 1.29 is 23.4 Å². The maximum Gasteiger partial charge on any atom is 0.303 e. The number of hydrogen-bond donors (Lipinski definition) is 1. The van der Waals surface area contributed by atoms with E-state index in [-0.39, 0.29) is 16.7 Å².